The molecule has 0 aliphatic carbocycles. The molecule has 22 heavy (non-hydrogen) atoms. The van der Waals surface area contributed by atoms with E-state index in [2.05, 4.69) is 27.4 Å². The van der Waals surface area contributed by atoms with Crippen molar-refractivity contribution in [3.8, 4) is 0 Å². The maximum atomic E-state index is 9.93. The summed E-state index contributed by atoms with van der Waals surface area (Å²) in [7, 11) is 0. The Morgan fingerprint density at radius 3 is 2.86 bits per heavy atom. The Hall–Kier alpha value is -1.27. The van der Waals surface area contributed by atoms with E-state index in [0.29, 0.717) is 6.61 Å². The monoisotopic (exact) mass is 318 g/mol. The van der Waals surface area contributed by atoms with Crippen molar-refractivity contribution in [1.29, 1.82) is 0 Å². The average Bonchev–Trinajstić information content (AvgIpc) is 2.94. The molecular formula is C17H22N2O2S. The van der Waals surface area contributed by atoms with E-state index in [-0.39, 0.29) is 6.61 Å². The molecule has 1 saturated heterocycles. The molecule has 1 fully saturated rings. The third kappa shape index (κ3) is 3.73. The molecule has 0 radical (unpaired) electrons. The summed E-state index contributed by atoms with van der Waals surface area (Å²) in [6.45, 7) is 5.15. The minimum Gasteiger partial charge on any atom is -0.393 e. The summed E-state index contributed by atoms with van der Waals surface area (Å²) < 4.78 is 5.98. The van der Waals surface area contributed by atoms with Gasteiger partial charge >= 0.3 is 0 Å². The third-order valence-electron chi connectivity index (χ3n) is 4.04. The number of aryl methyl sites for hydroxylation is 1. The molecule has 4 nitrogen and oxygen atoms in total. The minimum atomic E-state index is -0.509. The Labute approximate surface area is 135 Å². The van der Waals surface area contributed by atoms with Crippen LogP contribution < -0.4 is 0 Å². The molecule has 1 aliphatic heterocycles. The highest BCUT2D eigenvalue weighted by molar-refractivity contribution is 7.09. The zero-order chi connectivity index (χ0) is 15.4. The number of hydrogen-bond acceptors (Lipinski definition) is 5. The van der Waals surface area contributed by atoms with Gasteiger partial charge in [0.1, 0.15) is 5.60 Å². The molecule has 1 aromatic heterocycles. The van der Waals surface area contributed by atoms with Crippen molar-refractivity contribution in [3.05, 3.63) is 52.0 Å². The molecular weight excluding hydrogens is 296 g/mol. The highest BCUT2D eigenvalue weighted by atomic mass is 32.1. The van der Waals surface area contributed by atoms with Gasteiger partial charge in [-0.05, 0) is 12.5 Å². The van der Waals surface area contributed by atoms with Crippen LogP contribution >= 0.6 is 11.3 Å². The second-order valence-corrected chi connectivity index (χ2v) is 6.98. The fraction of sp³-hybridized carbons (Fsp3) is 0.471. The number of ether oxygens (including phenoxy) is 1. The van der Waals surface area contributed by atoms with Gasteiger partial charge in [-0.25, -0.2) is 4.98 Å². The second-order valence-electron chi connectivity index (χ2n) is 5.92. The van der Waals surface area contributed by atoms with Crippen LogP contribution in [0.4, 0.5) is 0 Å². The van der Waals surface area contributed by atoms with Crippen LogP contribution in [-0.2, 0) is 17.7 Å². The summed E-state index contributed by atoms with van der Waals surface area (Å²) in [5.74, 6) is 0. The van der Waals surface area contributed by atoms with Crippen LogP contribution in [0.2, 0.25) is 0 Å². The van der Waals surface area contributed by atoms with Crippen LogP contribution in [0.1, 0.15) is 16.3 Å². The normalized spacial score (nSPS) is 22.8. The van der Waals surface area contributed by atoms with Crippen molar-refractivity contribution in [2.75, 3.05) is 26.3 Å². The van der Waals surface area contributed by atoms with Gasteiger partial charge in [-0.1, -0.05) is 30.3 Å². The standard InChI is InChI=1S/C17H22N2O2S/c1-14-18-16(11-22-14)10-19-7-8-21-17(12-19,13-20)9-15-5-3-2-4-6-15/h2-6,11,20H,7-10,12-13H2,1H3. The van der Waals surface area contributed by atoms with Gasteiger partial charge in [0.25, 0.3) is 0 Å². The van der Waals surface area contributed by atoms with Gasteiger partial charge in [-0.3, -0.25) is 4.90 Å². The molecule has 0 spiro atoms. The molecule has 1 N–H and O–H groups in total. The van der Waals surface area contributed by atoms with Crippen molar-refractivity contribution >= 4 is 11.3 Å². The smallest absolute Gasteiger partial charge is 0.108 e. The van der Waals surface area contributed by atoms with Gasteiger partial charge < -0.3 is 9.84 Å². The lowest BCUT2D eigenvalue weighted by Crippen LogP contribution is -2.55. The van der Waals surface area contributed by atoms with Crippen molar-refractivity contribution in [1.82, 2.24) is 9.88 Å². The maximum absolute atomic E-state index is 9.93. The summed E-state index contributed by atoms with van der Waals surface area (Å²) in [4.78, 5) is 6.87. The van der Waals surface area contributed by atoms with E-state index in [1.54, 1.807) is 11.3 Å². The highest BCUT2D eigenvalue weighted by Crippen LogP contribution is 2.24. The van der Waals surface area contributed by atoms with E-state index < -0.39 is 5.60 Å². The molecule has 2 aromatic rings. The summed E-state index contributed by atoms with van der Waals surface area (Å²) in [5, 5.41) is 13.1. The van der Waals surface area contributed by atoms with Gasteiger partial charge in [0.2, 0.25) is 0 Å². The number of aliphatic hydroxyl groups is 1. The fourth-order valence-electron chi connectivity index (χ4n) is 2.99. The van der Waals surface area contributed by atoms with Crippen molar-refractivity contribution in [3.63, 3.8) is 0 Å². The summed E-state index contributed by atoms with van der Waals surface area (Å²) in [6.07, 6.45) is 0.733. The molecule has 5 heteroatoms. The average molecular weight is 318 g/mol. The molecule has 1 unspecified atom stereocenters. The first-order chi connectivity index (χ1) is 10.7. The molecule has 2 heterocycles. The first-order valence-electron chi connectivity index (χ1n) is 7.61. The molecule has 0 amide bonds. The molecule has 3 rings (SSSR count). The fourth-order valence-corrected chi connectivity index (χ4v) is 3.60. The Bertz CT molecular complexity index is 602. The third-order valence-corrected chi connectivity index (χ3v) is 4.86. The minimum absolute atomic E-state index is 0.0362. The van der Waals surface area contributed by atoms with Gasteiger partial charge in [0, 0.05) is 31.4 Å². The summed E-state index contributed by atoms with van der Waals surface area (Å²) in [5.41, 5.74) is 1.80. The van der Waals surface area contributed by atoms with Crippen molar-refractivity contribution in [2.24, 2.45) is 0 Å². The lowest BCUT2D eigenvalue weighted by molar-refractivity contribution is -0.134. The second kappa shape index (κ2) is 6.87. The van der Waals surface area contributed by atoms with Crippen LogP contribution in [-0.4, -0.2) is 46.9 Å². The number of nitrogens with zero attached hydrogens (tertiary/aromatic N) is 2. The zero-order valence-corrected chi connectivity index (χ0v) is 13.7. The quantitative estimate of drug-likeness (QED) is 0.918. The summed E-state index contributed by atoms with van der Waals surface area (Å²) >= 11 is 1.68. The van der Waals surface area contributed by atoms with Crippen LogP contribution in [0, 0.1) is 6.92 Å². The predicted molar refractivity (Wildman–Crippen MR) is 88.0 cm³/mol. The Morgan fingerprint density at radius 2 is 2.18 bits per heavy atom. The van der Waals surface area contributed by atoms with Gasteiger partial charge in [0.05, 0.1) is 23.9 Å². The van der Waals surface area contributed by atoms with E-state index in [1.165, 1.54) is 5.56 Å². The zero-order valence-electron chi connectivity index (χ0n) is 12.9. The highest BCUT2D eigenvalue weighted by Gasteiger charge is 2.36. The Kier molecular flexibility index (Phi) is 4.88. The SMILES string of the molecule is Cc1nc(CN2CCOC(CO)(Cc3ccccc3)C2)cs1. The lowest BCUT2D eigenvalue weighted by Gasteiger charge is -2.41. The van der Waals surface area contributed by atoms with Gasteiger partial charge in [-0.2, -0.15) is 0 Å². The topological polar surface area (TPSA) is 45.6 Å². The molecule has 1 aromatic carbocycles. The predicted octanol–water partition coefficient (Wildman–Crippen LogP) is 2.26. The molecule has 0 bridgehead atoms. The van der Waals surface area contributed by atoms with Crippen LogP contribution in [0.3, 0.4) is 0 Å². The van der Waals surface area contributed by atoms with Gasteiger partial charge in [-0.15, -0.1) is 11.3 Å². The number of aliphatic hydroxyl groups excluding tert-OH is 1. The number of morpholine rings is 1. The number of thiazole rings is 1. The van der Waals surface area contributed by atoms with E-state index >= 15 is 0 Å². The number of rotatable bonds is 5. The first kappa shape index (κ1) is 15.6. The molecule has 118 valence electrons. The van der Waals surface area contributed by atoms with E-state index in [9.17, 15) is 5.11 Å². The number of benzene rings is 1. The lowest BCUT2D eigenvalue weighted by atomic mass is 9.93. The van der Waals surface area contributed by atoms with Crippen LogP contribution in [0.15, 0.2) is 35.7 Å². The van der Waals surface area contributed by atoms with E-state index in [1.807, 2.05) is 25.1 Å². The maximum Gasteiger partial charge on any atom is 0.108 e. The van der Waals surface area contributed by atoms with Crippen LogP contribution in [0.5, 0.6) is 0 Å². The van der Waals surface area contributed by atoms with E-state index in [4.69, 9.17) is 4.74 Å². The Morgan fingerprint density at radius 1 is 1.36 bits per heavy atom. The van der Waals surface area contributed by atoms with E-state index in [0.717, 1.165) is 36.8 Å². The number of aromatic nitrogens is 1. The number of hydrogen-bond donors (Lipinski definition) is 1. The molecule has 1 aliphatic rings. The summed E-state index contributed by atoms with van der Waals surface area (Å²) in [6, 6.07) is 10.2. The van der Waals surface area contributed by atoms with Crippen molar-refractivity contribution < 1.29 is 9.84 Å². The largest absolute Gasteiger partial charge is 0.393 e. The van der Waals surface area contributed by atoms with Crippen LogP contribution in [0.25, 0.3) is 0 Å². The molecule has 0 saturated carbocycles. The molecule has 1 atom stereocenters. The van der Waals surface area contributed by atoms with Crippen molar-refractivity contribution in [2.45, 2.75) is 25.5 Å². The van der Waals surface area contributed by atoms with Gasteiger partial charge in [0.15, 0.2) is 0 Å². The first-order valence-corrected chi connectivity index (χ1v) is 8.49. The Balaban J connectivity index is 1.69.